The normalized spacial score (nSPS) is 23.3. The summed E-state index contributed by atoms with van der Waals surface area (Å²) in [6, 6.07) is 13.7. The molecule has 146 valence electrons. The number of amides is 1. The molecule has 5 heteroatoms. The zero-order chi connectivity index (χ0) is 19.1. The van der Waals surface area contributed by atoms with Crippen molar-refractivity contribution in [2.75, 3.05) is 36.4 Å². The Morgan fingerprint density at radius 2 is 1.96 bits per heavy atom. The first-order chi connectivity index (χ1) is 13.7. The molecule has 2 aromatic rings. The van der Waals surface area contributed by atoms with Gasteiger partial charge in [0.15, 0.2) is 0 Å². The zero-order valence-electron chi connectivity index (χ0n) is 16.0. The number of nitrogens with zero attached hydrogens (tertiary/aromatic N) is 2. The monoisotopic (exact) mass is 379 g/mol. The van der Waals surface area contributed by atoms with Gasteiger partial charge < -0.3 is 15.1 Å². The number of anilines is 2. The van der Waals surface area contributed by atoms with Crippen molar-refractivity contribution >= 4 is 17.3 Å². The summed E-state index contributed by atoms with van der Waals surface area (Å²) in [6.07, 6.45) is 4.41. The number of aryl methyl sites for hydroxylation is 1. The maximum absolute atomic E-state index is 13.0. The largest absolute Gasteiger partial charge is 0.357 e. The number of likely N-dealkylation sites (tertiary alicyclic amines) is 1. The van der Waals surface area contributed by atoms with Gasteiger partial charge in [-0.05, 0) is 61.6 Å². The Bertz CT molecular complexity index is 882. The highest BCUT2D eigenvalue weighted by molar-refractivity contribution is 6.03. The highest BCUT2D eigenvalue weighted by atomic mass is 19.1. The molecule has 2 aromatic carbocycles. The lowest BCUT2D eigenvalue weighted by Gasteiger charge is -2.39. The Morgan fingerprint density at radius 3 is 2.82 bits per heavy atom. The molecule has 3 heterocycles. The zero-order valence-corrected chi connectivity index (χ0v) is 16.0. The van der Waals surface area contributed by atoms with Crippen LogP contribution in [0.15, 0.2) is 42.5 Å². The van der Waals surface area contributed by atoms with E-state index >= 15 is 0 Å². The minimum atomic E-state index is -0.165. The lowest BCUT2D eigenvalue weighted by Crippen LogP contribution is -2.49. The van der Waals surface area contributed by atoms with Gasteiger partial charge in [-0.15, -0.1) is 0 Å². The maximum Gasteiger partial charge on any atom is 0.243 e. The van der Waals surface area contributed by atoms with E-state index in [9.17, 15) is 9.18 Å². The van der Waals surface area contributed by atoms with Crippen LogP contribution in [-0.2, 0) is 11.2 Å². The standard InChI is InChI=1S/C23H26FN3O/c24-17-9-7-16(8-10-17)4-1-2-12-26-13-11-21-19(14-26)18-5-3-6-20-23(18)27(21)15-22(28)25-20/h3,5-10,19,21H,1-2,4,11-15H2,(H,25,28)/t19-,21-/m0/s1. The first-order valence-corrected chi connectivity index (χ1v) is 10.4. The fourth-order valence-corrected chi connectivity index (χ4v) is 5.19. The fraction of sp³-hybridized carbons (Fsp3) is 0.435. The molecule has 5 rings (SSSR count). The summed E-state index contributed by atoms with van der Waals surface area (Å²) < 4.78 is 13.0. The SMILES string of the molecule is O=C1CN2c3c(cccc3[C@@H]3CN(CCCCc4ccc(F)cc4)CC[C@@H]32)N1. The Hall–Kier alpha value is -2.40. The van der Waals surface area contributed by atoms with Gasteiger partial charge in [0.05, 0.1) is 17.9 Å². The quantitative estimate of drug-likeness (QED) is 0.803. The average Bonchev–Trinajstić information content (AvgIpc) is 3.01. The van der Waals surface area contributed by atoms with Crippen LogP contribution in [-0.4, -0.2) is 43.0 Å². The van der Waals surface area contributed by atoms with Crippen LogP contribution in [0.25, 0.3) is 0 Å². The second-order valence-corrected chi connectivity index (χ2v) is 8.27. The second-order valence-electron chi connectivity index (χ2n) is 8.27. The molecule has 4 nitrogen and oxygen atoms in total. The minimum absolute atomic E-state index is 0.105. The molecule has 0 spiro atoms. The van der Waals surface area contributed by atoms with Crippen molar-refractivity contribution in [1.29, 1.82) is 0 Å². The lowest BCUT2D eigenvalue weighted by molar-refractivity contribution is -0.115. The molecule has 0 aromatic heterocycles. The van der Waals surface area contributed by atoms with E-state index in [1.165, 1.54) is 16.8 Å². The van der Waals surface area contributed by atoms with Gasteiger partial charge >= 0.3 is 0 Å². The van der Waals surface area contributed by atoms with Crippen molar-refractivity contribution in [3.05, 3.63) is 59.4 Å². The summed E-state index contributed by atoms with van der Waals surface area (Å²) in [6.45, 7) is 3.76. The molecule has 1 N–H and O–H groups in total. The number of hydrogen-bond donors (Lipinski definition) is 1. The van der Waals surface area contributed by atoms with Crippen LogP contribution in [0.3, 0.4) is 0 Å². The molecule has 1 fully saturated rings. The van der Waals surface area contributed by atoms with Gasteiger partial charge in [0.25, 0.3) is 0 Å². The van der Waals surface area contributed by atoms with E-state index in [4.69, 9.17) is 0 Å². The summed E-state index contributed by atoms with van der Waals surface area (Å²) >= 11 is 0. The van der Waals surface area contributed by atoms with E-state index < -0.39 is 0 Å². The van der Waals surface area contributed by atoms with Crippen LogP contribution in [0.1, 0.15) is 36.3 Å². The van der Waals surface area contributed by atoms with Gasteiger partial charge in [-0.3, -0.25) is 4.79 Å². The number of rotatable bonds is 5. The molecule has 1 saturated heterocycles. The molecular weight excluding hydrogens is 353 g/mol. The Balaban J connectivity index is 1.20. The smallest absolute Gasteiger partial charge is 0.243 e. The lowest BCUT2D eigenvalue weighted by atomic mass is 9.89. The number of halogens is 1. The summed E-state index contributed by atoms with van der Waals surface area (Å²) in [5.41, 5.74) is 4.85. The average molecular weight is 379 g/mol. The van der Waals surface area contributed by atoms with Gasteiger partial charge in [-0.25, -0.2) is 4.39 Å². The maximum atomic E-state index is 13.0. The van der Waals surface area contributed by atoms with Crippen LogP contribution in [0, 0.1) is 5.82 Å². The highest BCUT2D eigenvalue weighted by Gasteiger charge is 2.44. The van der Waals surface area contributed by atoms with Crippen LogP contribution >= 0.6 is 0 Å². The van der Waals surface area contributed by atoms with E-state index in [1.807, 2.05) is 18.2 Å². The van der Waals surface area contributed by atoms with E-state index in [-0.39, 0.29) is 11.7 Å². The third-order valence-corrected chi connectivity index (χ3v) is 6.51. The molecule has 0 bridgehead atoms. The minimum Gasteiger partial charge on any atom is -0.357 e. The molecule has 0 unspecified atom stereocenters. The first-order valence-electron chi connectivity index (χ1n) is 10.4. The summed E-state index contributed by atoms with van der Waals surface area (Å²) in [7, 11) is 0. The Morgan fingerprint density at radius 1 is 1.11 bits per heavy atom. The fourth-order valence-electron chi connectivity index (χ4n) is 5.19. The number of piperidine rings is 1. The van der Waals surface area contributed by atoms with Gasteiger partial charge in [0.2, 0.25) is 5.91 Å². The number of fused-ring (bicyclic) bond motifs is 3. The third kappa shape index (κ3) is 3.18. The molecule has 28 heavy (non-hydrogen) atoms. The number of unbranched alkanes of at least 4 members (excludes halogenated alkanes) is 1. The summed E-state index contributed by atoms with van der Waals surface area (Å²) in [5, 5.41) is 3.04. The van der Waals surface area contributed by atoms with Crippen molar-refractivity contribution < 1.29 is 9.18 Å². The second kappa shape index (κ2) is 7.21. The highest BCUT2D eigenvalue weighted by Crippen LogP contribution is 2.49. The van der Waals surface area contributed by atoms with Crippen LogP contribution in [0.2, 0.25) is 0 Å². The van der Waals surface area contributed by atoms with Crippen LogP contribution in [0.4, 0.5) is 15.8 Å². The van der Waals surface area contributed by atoms with E-state index in [1.54, 1.807) is 12.1 Å². The molecule has 0 aliphatic carbocycles. The molecule has 3 aliphatic rings. The number of carbonyl (C=O) groups is 1. The van der Waals surface area contributed by atoms with Crippen molar-refractivity contribution in [3.8, 4) is 0 Å². The van der Waals surface area contributed by atoms with Gasteiger partial charge in [0.1, 0.15) is 5.82 Å². The van der Waals surface area contributed by atoms with Gasteiger partial charge in [0, 0.05) is 25.0 Å². The van der Waals surface area contributed by atoms with Crippen LogP contribution in [0.5, 0.6) is 0 Å². The first kappa shape index (κ1) is 17.7. The van der Waals surface area contributed by atoms with Crippen molar-refractivity contribution in [3.63, 3.8) is 0 Å². The molecule has 3 aliphatic heterocycles. The van der Waals surface area contributed by atoms with Crippen molar-refractivity contribution in [2.45, 2.75) is 37.6 Å². The molecule has 0 radical (unpaired) electrons. The number of nitrogens with one attached hydrogen (secondary N) is 1. The Labute approximate surface area is 165 Å². The third-order valence-electron chi connectivity index (χ3n) is 6.51. The number of para-hydroxylation sites is 1. The predicted molar refractivity (Wildman–Crippen MR) is 109 cm³/mol. The van der Waals surface area contributed by atoms with Crippen molar-refractivity contribution in [2.24, 2.45) is 0 Å². The van der Waals surface area contributed by atoms with Crippen LogP contribution < -0.4 is 10.2 Å². The number of benzene rings is 2. The summed E-state index contributed by atoms with van der Waals surface area (Å²) in [5.74, 6) is 0.434. The number of hydrogen-bond acceptors (Lipinski definition) is 3. The van der Waals surface area contributed by atoms with Crippen molar-refractivity contribution in [1.82, 2.24) is 4.90 Å². The van der Waals surface area contributed by atoms with Gasteiger partial charge in [-0.2, -0.15) is 0 Å². The van der Waals surface area contributed by atoms with E-state index in [0.29, 0.717) is 18.5 Å². The molecule has 0 saturated carbocycles. The molecule has 1 amide bonds. The Kier molecular flexibility index (Phi) is 4.55. The predicted octanol–water partition coefficient (Wildman–Crippen LogP) is 3.78. The topological polar surface area (TPSA) is 35.6 Å². The molecular formula is C23H26FN3O. The van der Waals surface area contributed by atoms with E-state index in [2.05, 4.69) is 27.2 Å². The molecule has 2 atom stereocenters. The number of carbonyl (C=O) groups excluding carboxylic acids is 1. The van der Waals surface area contributed by atoms with Gasteiger partial charge in [-0.1, -0.05) is 24.3 Å². The summed E-state index contributed by atoms with van der Waals surface area (Å²) in [4.78, 5) is 17.0. The van der Waals surface area contributed by atoms with E-state index in [0.717, 1.165) is 51.0 Å².